The number of hydrogen-bond donors (Lipinski definition) is 1. The number of rotatable bonds is 3. The monoisotopic (exact) mass is 494 g/mol. The molecule has 3 atom stereocenters. The first-order chi connectivity index (χ1) is 18.0. The average Bonchev–Trinajstić information content (AvgIpc) is 3.60. The molecule has 37 heavy (non-hydrogen) atoms. The second-order valence-corrected chi connectivity index (χ2v) is 9.90. The third-order valence-corrected chi connectivity index (χ3v) is 7.82. The Morgan fingerprint density at radius 3 is 2.32 bits per heavy atom. The summed E-state index contributed by atoms with van der Waals surface area (Å²) in [5.41, 5.74) is 0.402. The number of nitrogens with zero attached hydrogens (tertiary/aromatic N) is 4. The Morgan fingerprint density at radius 2 is 1.76 bits per heavy atom. The van der Waals surface area contributed by atoms with E-state index in [9.17, 15) is 15.6 Å². The molecule has 1 aliphatic carbocycles. The second kappa shape index (κ2) is 9.86. The van der Waals surface area contributed by atoms with Crippen molar-refractivity contribution in [2.45, 2.75) is 42.8 Å². The molecule has 0 spiro atoms. The van der Waals surface area contributed by atoms with Gasteiger partial charge in [-0.05, 0) is 69.1 Å². The predicted octanol–water partition coefficient (Wildman–Crippen LogP) is 4.60. The summed E-state index contributed by atoms with van der Waals surface area (Å²) in [5.74, 6) is 0.436. The predicted molar refractivity (Wildman–Crippen MR) is 138 cm³/mol. The topological polar surface area (TPSA) is 102 Å². The molecule has 188 valence electrons. The van der Waals surface area contributed by atoms with Crippen LogP contribution in [0.25, 0.3) is 0 Å². The third kappa shape index (κ3) is 4.01. The molecule has 6 rings (SSSR count). The molecule has 1 N–H and O–H groups in total. The number of hydrogen-bond acceptors (Lipinski definition) is 7. The molecule has 1 aromatic heterocycles. The van der Waals surface area contributed by atoms with Crippen LogP contribution in [0.4, 0.5) is 0 Å². The first-order valence-corrected chi connectivity index (χ1v) is 12.6. The zero-order valence-electron chi connectivity index (χ0n) is 21.1. The third-order valence-electron chi connectivity index (χ3n) is 7.82. The van der Waals surface area contributed by atoms with Gasteiger partial charge in [0, 0.05) is 12.0 Å². The van der Waals surface area contributed by atoms with Gasteiger partial charge in [-0.2, -0.15) is 10.5 Å². The maximum Gasteiger partial charge on any atom is 0.224 e. The van der Waals surface area contributed by atoms with E-state index in [2.05, 4.69) is 23.0 Å². The van der Waals surface area contributed by atoms with E-state index in [4.69, 9.17) is 9.47 Å². The Bertz CT molecular complexity index is 1360. The van der Waals surface area contributed by atoms with E-state index in [-0.39, 0.29) is 17.5 Å². The first kappa shape index (κ1) is 24.8. The summed E-state index contributed by atoms with van der Waals surface area (Å²) in [4.78, 5) is 6.63. The molecule has 1 saturated carbocycles. The molecular formula is C30H30N4O3. The summed E-state index contributed by atoms with van der Waals surface area (Å²) in [6.45, 7) is 2.64. The minimum absolute atomic E-state index is 0.158. The van der Waals surface area contributed by atoms with Crippen LogP contribution < -0.4 is 9.47 Å². The van der Waals surface area contributed by atoms with Crippen molar-refractivity contribution < 1.29 is 14.6 Å². The van der Waals surface area contributed by atoms with Gasteiger partial charge in [-0.25, -0.2) is 4.98 Å². The number of methoxy groups -OCH3 is 1. The lowest BCUT2D eigenvalue weighted by atomic mass is 9.72. The van der Waals surface area contributed by atoms with Gasteiger partial charge in [0.1, 0.15) is 23.1 Å². The molecule has 7 heteroatoms. The van der Waals surface area contributed by atoms with Crippen molar-refractivity contribution in [2.75, 3.05) is 27.2 Å². The lowest BCUT2D eigenvalue weighted by Crippen LogP contribution is -2.48. The van der Waals surface area contributed by atoms with E-state index in [1.807, 2.05) is 48.5 Å². The normalized spacial score (nSPS) is 25.6. The zero-order chi connectivity index (χ0) is 26.0. The second-order valence-electron chi connectivity index (χ2n) is 9.90. The van der Waals surface area contributed by atoms with Gasteiger partial charge in [0.15, 0.2) is 5.60 Å². The SMILES string of the molecule is CN1CCCC1.COc1nc(C#N)cc2c1C1(O)CCC(c3ccccc3)C1(c1ccc(C#N)cc1)O2. The standard InChI is InChI=1S/C25H19N3O3.C5H11N/c1-30-23-22-21(13-19(15-27)28-23)31-25(18-9-7-16(14-26)8-10-18)20(11-12-24(22,25)29)17-5-3-2-4-6-17;1-6-4-2-3-5-6/h2-10,13,20,29H,11-12H2,1H3;2-5H2,1H3. The number of ether oxygens (including phenoxy) is 2. The van der Waals surface area contributed by atoms with Gasteiger partial charge in [-0.15, -0.1) is 0 Å². The molecule has 2 fully saturated rings. The van der Waals surface area contributed by atoms with Crippen LogP contribution in [0.1, 0.15) is 59.5 Å². The molecule has 7 nitrogen and oxygen atoms in total. The van der Waals surface area contributed by atoms with E-state index in [1.165, 1.54) is 33.0 Å². The molecule has 1 saturated heterocycles. The number of fused-ring (bicyclic) bond motifs is 3. The largest absolute Gasteiger partial charge is 0.481 e. The highest BCUT2D eigenvalue weighted by Gasteiger charge is 2.69. The van der Waals surface area contributed by atoms with Gasteiger partial charge >= 0.3 is 0 Å². The number of benzene rings is 2. The lowest BCUT2D eigenvalue weighted by molar-refractivity contribution is -0.106. The molecule has 0 amide bonds. The summed E-state index contributed by atoms with van der Waals surface area (Å²) in [6, 6.07) is 22.8. The van der Waals surface area contributed by atoms with Crippen molar-refractivity contribution in [2.24, 2.45) is 0 Å². The Morgan fingerprint density at radius 1 is 1.05 bits per heavy atom. The van der Waals surface area contributed by atoms with Crippen LogP contribution in [0.3, 0.4) is 0 Å². The Balaban J connectivity index is 0.000000412. The highest BCUT2D eigenvalue weighted by atomic mass is 16.5. The van der Waals surface area contributed by atoms with Crippen molar-refractivity contribution in [3.63, 3.8) is 0 Å². The smallest absolute Gasteiger partial charge is 0.224 e. The fourth-order valence-corrected chi connectivity index (χ4v) is 6.09. The molecule has 3 heterocycles. The highest BCUT2D eigenvalue weighted by molar-refractivity contribution is 5.58. The van der Waals surface area contributed by atoms with Crippen LogP contribution in [0.15, 0.2) is 60.7 Å². The van der Waals surface area contributed by atoms with Gasteiger partial charge < -0.3 is 19.5 Å². The summed E-state index contributed by atoms with van der Waals surface area (Å²) in [5, 5.41) is 30.9. The number of aromatic nitrogens is 1. The number of aliphatic hydroxyl groups is 1. The minimum atomic E-state index is -1.41. The Kier molecular flexibility index (Phi) is 6.60. The quantitative estimate of drug-likeness (QED) is 0.568. The average molecular weight is 495 g/mol. The fourth-order valence-electron chi connectivity index (χ4n) is 6.09. The van der Waals surface area contributed by atoms with Crippen molar-refractivity contribution in [1.29, 1.82) is 10.5 Å². The summed E-state index contributed by atoms with van der Waals surface area (Å²) >= 11 is 0. The highest BCUT2D eigenvalue weighted by Crippen LogP contribution is 2.67. The maximum atomic E-state index is 12.2. The Labute approximate surface area is 217 Å². The van der Waals surface area contributed by atoms with Crippen molar-refractivity contribution in [1.82, 2.24) is 9.88 Å². The molecule has 2 aliphatic heterocycles. The zero-order valence-corrected chi connectivity index (χ0v) is 21.1. The maximum absolute atomic E-state index is 12.2. The van der Waals surface area contributed by atoms with E-state index in [1.54, 1.807) is 18.2 Å². The van der Waals surface area contributed by atoms with Gasteiger partial charge in [0.25, 0.3) is 0 Å². The van der Waals surface area contributed by atoms with Gasteiger partial charge in [0.05, 0.1) is 24.3 Å². The molecule has 2 aromatic carbocycles. The molecule has 0 radical (unpaired) electrons. The number of pyridine rings is 1. The molecule has 3 aliphatic rings. The minimum Gasteiger partial charge on any atom is -0.481 e. The van der Waals surface area contributed by atoms with Crippen LogP contribution in [0.5, 0.6) is 11.6 Å². The number of nitriles is 2. The van der Waals surface area contributed by atoms with E-state index >= 15 is 0 Å². The van der Waals surface area contributed by atoms with Crippen molar-refractivity contribution in [3.05, 3.63) is 88.6 Å². The van der Waals surface area contributed by atoms with Gasteiger partial charge in [-0.3, -0.25) is 0 Å². The van der Waals surface area contributed by atoms with Gasteiger partial charge in [-0.1, -0.05) is 42.5 Å². The van der Waals surface area contributed by atoms with Crippen LogP contribution in [0, 0.1) is 22.7 Å². The molecule has 3 unspecified atom stereocenters. The number of likely N-dealkylation sites (tertiary alicyclic amines) is 1. The van der Waals surface area contributed by atoms with Crippen LogP contribution in [0.2, 0.25) is 0 Å². The first-order valence-electron chi connectivity index (χ1n) is 12.6. The van der Waals surface area contributed by atoms with E-state index in [0.717, 1.165) is 11.1 Å². The van der Waals surface area contributed by atoms with Crippen LogP contribution >= 0.6 is 0 Å². The van der Waals surface area contributed by atoms with Crippen LogP contribution in [-0.2, 0) is 11.2 Å². The van der Waals surface area contributed by atoms with Crippen molar-refractivity contribution >= 4 is 0 Å². The molecule has 0 bridgehead atoms. The van der Waals surface area contributed by atoms with Crippen molar-refractivity contribution in [3.8, 4) is 23.8 Å². The molecule has 3 aromatic rings. The summed E-state index contributed by atoms with van der Waals surface area (Å²) in [7, 11) is 3.64. The summed E-state index contributed by atoms with van der Waals surface area (Å²) in [6.07, 6.45) is 3.94. The van der Waals surface area contributed by atoms with E-state index in [0.29, 0.717) is 29.7 Å². The lowest BCUT2D eigenvalue weighted by Gasteiger charge is -2.40. The Hall–Kier alpha value is -3.91. The summed E-state index contributed by atoms with van der Waals surface area (Å²) < 4.78 is 12.1. The van der Waals surface area contributed by atoms with Gasteiger partial charge in [0.2, 0.25) is 5.88 Å². The fraction of sp³-hybridized carbons (Fsp3) is 0.367. The van der Waals surface area contributed by atoms with E-state index < -0.39 is 11.2 Å². The van der Waals surface area contributed by atoms with Crippen LogP contribution in [-0.4, -0.2) is 42.2 Å². The molecular weight excluding hydrogens is 464 g/mol.